The molecule has 2 N–H and O–H groups in total. The molecule has 4 rings (SSSR count). The average Bonchev–Trinajstić information content (AvgIpc) is 2.97. The number of halogens is 2. The van der Waals surface area contributed by atoms with Gasteiger partial charge in [-0.2, -0.15) is 4.39 Å². The molecule has 0 saturated carbocycles. The van der Waals surface area contributed by atoms with Crippen LogP contribution < -0.4 is 5.32 Å². The van der Waals surface area contributed by atoms with Crippen LogP contribution in [0.25, 0.3) is 33.2 Å². The van der Waals surface area contributed by atoms with E-state index < -0.39 is 12.6 Å². The summed E-state index contributed by atoms with van der Waals surface area (Å²) in [5.41, 5.74) is 2.82. The van der Waals surface area contributed by atoms with Crippen molar-refractivity contribution >= 4 is 27.8 Å². The van der Waals surface area contributed by atoms with Crippen molar-refractivity contribution in [2.75, 3.05) is 18.5 Å². The maximum atomic E-state index is 13.7. The summed E-state index contributed by atoms with van der Waals surface area (Å²) in [7, 11) is 0. The Bertz CT molecular complexity index is 1030. The van der Waals surface area contributed by atoms with Crippen LogP contribution in [0.15, 0.2) is 42.7 Å². The summed E-state index contributed by atoms with van der Waals surface area (Å²) >= 11 is 0. The Morgan fingerprint density at radius 1 is 1.08 bits per heavy atom. The smallest absolute Gasteiger partial charge is 0.215 e. The van der Waals surface area contributed by atoms with Gasteiger partial charge < -0.3 is 10.3 Å². The van der Waals surface area contributed by atoms with Gasteiger partial charge in [0.05, 0.1) is 11.2 Å². The van der Waals surface area contributed by atoms with Gasteiger partial charge in [-0.15, -0.1) is 0 Å². The molecule has 4 heterocycles. The van der Waals surface area contributed by atoms with Crippen LogP contribution in [0.3, 0.4) is 0 Å². The second kappa shape index (κ2) is 5.84. The molecule has 0 aliphatic carbocycles. The van der Waals surface area contributed by atoms with Crippen molar-refractivity contribution in [2.45, 2.75) is 0 Å². The lowest BCUT2D eigenvalue weighted by atomic mass is 10.1. The van der Waals surface area contributed by atoms with Crippen molar-refractivity contribution < 1.29 is 8.78 Å². The number of pyridine rings is 3. The van der Waals surface area contributed by atoms with Crippen LogP contribution in [-0.2, 0) is 0 Å². The number of nitrogens with one attached hydrogen (secondary N) is 2. The zero-order valence-electron chi connectivity index (χ0n) is 12.6. The van der Waals surface area contributed by atoms with Gasteiger partial charge in [-0.1, -0.05) is 0 Å². The molecule has 0 unspecified atom stereocenters. The topological polar surface area (TPSA) is 66.5 Å². The van der Waals surface area contributed by atoms with Crippen molar-refractivity contribution in [3.8, 4) is 11.3 Å². The molecule has 4 aromatic rings. The third kappa shape index (κ3) is 2.54. The molecule has 0 fully saturated rings. The van der Waals surface area contributed by atoms with E-state index in [9.17, 15) is 8.78 Å². The highest BCUT2D eigenvalue weighted by Gasteiger charge is 2.10. The number of fused-ring (bicyclic) bond motifs is 3. The van der Waals surface area contributed by atoms with Crippen LogP contribution >= 0.6 is 0 Å². The molecular formula is C17H13F2N5. The highest BCUT2D eigenvalue weighted by atomic mass is 19.1. The molecule has 0 saturated heterocycles. The van der Waals surface area contributed by atoms with Gasteiger partial charge in [0, 0.05) is 41.3 Å². The molecule has 5 nitrogen and oxygen atoms in total. The van der Waals surface area contributed by atoms with Gasteiger partial charge in [0.15, 0.2) is 0 Å². The van der Waals surface area contributed by atoms with Crippen LogP contribution in [0.1, 0.15) is 0 Å². The van der Waals surface area contributed by atoms with Gasteiger partial charge in [0.25, 0.3) is 0 Å². The standard InChI is InChI=1S/C17H13F2N5/c18-4-6-21-16-8-10(7-15(19)24-16)13-2-1-11-12-9-20-5-3-14(12)23-17(11)22-13/h1-3,5,7-9H,4,6H2,(H,21,24)(H,22,23). The van der Waals surface area contributed by atoms with E-state index in [1.54, 1.807) is 18.5 Å². The lowest BCUT2D eigenvalue weighted by Gasteiger charge is -2.06. The van der Waals surface area contributed by atoms with Crippen molar-refractivity contribution in [3.05, 3.63) is 48.7 Å². The molecular weight excluding hydrogens is 312 g/mol. The number of alkyl halides is 1. The van der Waals surface area contributed by atoms with Gasteiger partial charge in [0.2, 0.25) is 5.95 Å². The van der Waals surface area contributed by atoms with E-state index in [2.05, 4.69) is 25.3 Å². The van der Waals surface area contributed by atoms with E-state index >= 15 is 0 Å². The van der Waals surface area contributed by atoms with E-state index in [0.717, 1.165) is 16.3 Å². The van der Waals surface area contributed by atoms with E-state index in [1.807, 2.05) is 18.2 Å². The van der Waals surface area contributed by atoms with E-state index in [0.29, 0.717) is 16.9 Å². The predicted octanol–water partition coefficient (Wildman–Crippen LogP) is 3.69. The fraction of sp³-hybridized carbons (Fsp3) is 0.118. The van der Waals surface area contributed by atoms with Crippen LogP contribution in [-0.4, -0.2) is 33.2 Å². The zero-order chi connectivity index (χ0) is 16.5. The fourth-order valence-electron chi connectivity index (χ4n) is 2.69. The monoisotopic (exact) mass is 325 g/mol. The lowest BCUT2D eigenvalue weighted by molar-refractivity contribution is 0.511. The van der Waals surface area contributed by atoms with Gasteiger partial charge >= 0.3 is 0 Å². The normalized spacial score (nSPS) is 11.2. The Balaban J connectivity index is 1.81. The van der Waals surface area contributed by atoms with Gasteiger partial charge in [0.1, 0.15) is 18.1 Å². The molecule has 0 radical (unpaired) electrons. The van der Waals surface area contributed by atoms with E-state index in [-0.39, 0.29) is 12.4 Å². The fourth-order valence-corrected chi connectivity index (χ4v) is 2.69. The first-order chi connectivity index (χ1) is 11.7. The summed E-state index contributed by atoms with van der Waals surface area (Å²) in [4.78, 5) is 15.6. The van der Waals surface area contributed by atoms with Crippen LogP contribution in [0, 0.1) is 5.95 Å². The molecule has 0 spiro atoms. The third-order valence-corrected chi connectivity index (χ3v) is 3.75. The zero-order valence-corrected chi connectivity index (χ0v) is 12.6. The quantitative estimate of drug-likeness (QED) is 0.562. The Morgan fingerprint density at radius 2 is 2.00 bits per heavy atom. The molecule has 0 aliphatic heterocycles. The van der Waals surface area contributed by atoms with Crippen LogP contribution in [0.5, 0.6) is 0 Å². The lowest BCUT2D eigenvalue weighted by Crippen LogP contribution is -2.05. The summed E-state index contributed by atoms with van der Waals surface area (Å²) < 4.78 is 26.0. The molecule has 7 heteroatoms. The average molecular weight is 325 g/mol. The van der Waals surface area contributed by atoms with Crippen molar-refractivity contribution in [1.82, 2.24) is 19.9 Å². The Kier molecular flexibility index (Phi) is 3.53. The number of anilines is 1. The molecule has 4 aromatic heterocycles. The van der Waals surface area contributed by atoms with E-state index in [4.69, 9.17) is 0 Å². The van der Waals surface area contributed by atoms with Crippen molar-refractivity contribution in [1.29, 1.82) is 0 Å². The molecule has 0 bridgehead atoms. The number of hydrogen-bond acceptors (Lipinski definition) is 4. The maximum absolute atomic E-state index is 13.7. The molecule has 120 valence electrons. The number of aromatic nitrogens is 4. The highest BCUT2D eigenvalue weighted by Crippen LogP contribution is 2.27. The molecule has 0 aromatic carbocycles. The number of nitrogens with zero attached hydrogens (tertiary/aromatic N) is 3. The predicted molar refractivity (Wildman–Crippen MR) is 89.0 cm³/mol. The van der Waals surface area contributed by atoms with Crippen molar-refractivity contribution in [3.63, 3.8) is 0 Å². The Morgan fingerprint density at radius 3 is 2.88 bits per heavy atom. The summed E-state index contributed by atoms with van der Waals surface area (Å²) in [5.74, 6) is -0.359. The summed E-state index contributed by atoms with van der Waals surface area (Å²) in [6, 6.07) is 8.57. The minimum absolute atomic E-state index is 0.0807. The summed E-state index contributed by atoms with van der Waals surface area (Å²) in [5, 5.41) is 4.67. The van der Waals surface area contributed by atoms with Gasteiger partial charge in [-0.05, 0) is 24.3 Å². The maximum Gasteiger partial charge on any atom is 0.215 e. The van der Waals surface area contributed by atoms with Crippen molar-refractivity contribution in [2.24, 2.45) is 0 Å². The molecule has 0 aliphatic rings. The van der Waals surface area contributed by atoms with E-state index in [1.165, 1.54) is 6.07 Å². The summed E-state index contributed by atoms with van der Waals surface area (Å²) in [6.07, 6.45) is 3.49. The number of H-pyrrole nitrogens is 1. The number of aromatic amines is 1. The first-order valence-corrected chi connectivity index (χ1v) is 7.45. The van der Waals surface area contributed by atoms with Gasteiger partial charge in [-0.3, -0.25) is 4.98 Å². The van der Waals surface area contributed by atoms with Gasteiger partial charge in [-0.25, -0.2) is 14.4 Å². The Labute approximate surface area is 135 Å². The minimum atomic E-state index is -0.642. The molecule has 0 atom stereocenters. The minimum Gasteiger partial charge on any atom is -0.367 e. The first kappa shape index (κ1) is 14.5. The molecule has 24 heavy (non-hydrogen) atoms. The van der Waals surface area contributed by atoms with Crippen LogP contribution in [0.4, 0.5) is 14.6 Å². The second-order valence-electron chi connectivity index (χ2n) is 5.32. The first-order valence-electron chi connectivity index (χ1n) is 7.45. The Hall–Kier alpha value is -3.09. The summed E-state index contributed by atoms with van der Waals surface area (Å²) in [6.45, 7) is -0.474. The third-order valence-electron chi connectivity index (χ3n) is 3.75. The SMILES string of the molecule is FCCNc1cc(-c2ccc3c(n2)[nH]c2ccncc23)cc(F)n1. The number of hydrogen-bond donors (Lipinski definition) is 2. The number of rotatable bonds is 4. The van der Waals surface area contributed by atoms with Crippen LogP contribution in [0.2, 0.25) is 0 Å². The molecule has 0 amide bonds. The largest absolute Gasteiger partial charge is 0.367 e. The highest BCUT2D eigenvalue weighted by molar-refractivity contribution is 6.05. The second-order valence-corrected chi connectivity index (χ2v) is 5.32.